The third-order valence-corrected chi connectivity index (χ3v) is 8.62. The normalized spacial score (nSPS) is 24.0. The zero-order chi connectivity index (χ0) is 29.8. The van der Waals surface area contributed by atoms with Crippen LogP contribution in [0.2, 0.25) is 5.02 Å². The van der Waals surface area contributed by atoms with Gasteiger partial charge in [-0.2, -0.15) is 5.10 Å². The van der Waals surface area contributed by atoms with Gasteiger partial charge in [-0.1, -0.05) is 38.3 Å². The van der Waals surface area contributed by atoms with E-state index in [1.807, 2.05) is 13.8 Å². The lowest BCUT2D eigenvalue weighted by Crippen LogP contribution is -2.40. The second-order valence-electron chi connectivity index (χ2n) is 9.75. The molecule has 1 aliphatic rings. The molecule has 1 aromatic carbocycles. The highest BCUT2D eigenvalue weighted by Crippen LogP contribution is 2.48. The van der Waals surface area contributed by atoms with E-state index < -0.39 is 50.8 Å². The second kappa shape index (κ2) is 13.0. The van der Waals surface area contributed by atoms with Crippen LogP contribution in [0.15, 0.2) is 36.8 Å². The standard InChI is InChI=1S/C25H33ClFN6O7P/c1-4-15(5-2)12-37-20(34)11-32-41(36,40-17-8-6-16(26)7-9-17)38-13-19-21(35)25(3,27)22(39-19)18-10-29-24-23(28)30-14-31-33(18)24/h6-10,14-15,19,21-22,35H,4-5,11-13H2,1-3H3,(H,32,36)(H2,28,30,31)/t19-,21-,22+,25-,41?/m1/s1. The fraction of sp³-hybridized carbons (Fsp3) is 0.520. The van der Waals surface area contributed by atoms with E-state index in [4.69, 9.17) is 35.9 Å². The van der Waals surface area contributed by atoms with Gasteiger partial charge in [0.1, 0.15) is 36.9 Å². The van der Waals surface area contributed by atoms with Crippen LogP contribution in [0.4, 0.5) is 10.2 Å². The van der Waals surface area contributed by atoms with E-state index in [9.17, 15) is 14.5 Å². The first-order chi connectivity index (χ1) is 19.5. The first kappa shape index (κ1) is 31.1. The molecule has 5 atom stereocenters. The van der Waals surface area contributed by atoms with Crippen molar-refractivity contribution in [3.8, 4) is 5.75 Å². The largest absolute Gasteiger partial charge is 0.464 e. The summed E-state index contributed by atoms with van der Waals surface area (Å²) in [4.78, 5) is 20.3. The topological polar surface area (TPSA) is 172 Å². The van der Waals surface area contributed by atoms with E-state index >= 15 is 4.39 Å². The SMILES string of the molecule is CCC(CC)COC(=O)CNP(=O)(OC[C@H]1O[C@@H](c2cnc3c(N)ncnn23)[C@](C)(F)[C@@H]1O)Oc1ccc(Cl)cc1. The maximum absolute atomic E-state index is 15.8. The molecule has 4 N–H and O–H groups in total. The van der Waals surface area contributed by atoms with Crippen LogP contribution >= 0.6 is 19.3 Å². The maximum atomic E-state index is 15.8. The quantitative estimate of drug-likeness (QED) is 0.189. The maximum Gasteiger partial charge on any atom is 0.459 e. The minimum atomic E-state index is -4.28. The van der Waals surface area contributed by atoms with E-state index in [0.717, 1.165) is 19.8 Å². The first-order valence-electron chi connectivity index (χ1n) is 13.0. The van der Waals surface area contributed by atoms with Crippen LogP contribution in [0.25, 0.3) is 5.65 Å². The van der Waals surface area contributed by atoms with Crippen LogP contribution in [-0.4, -0.2) is 68.3 Å². The Balaban J connectivity index is 1.48. The van der Waals surface area contributed by atoms with Crippen LogP contribution < -0.4 is 15.3 Å². The van der Waals surface area contributed by atoms with Crippen molar-refractivity contribution < 1.29 is 37.4 Å². The first-order valence-corrected chi connectivity index (χ1v) is 15.0. The molecule has 224 valence electrons. The third-order valence-electron chi connectivity index (χ3n) is 6.88. The Morgan fingerprint density at radius 3 is 2.71 bits per heavy atom. The van der Waals surface area contributed by atoms with Gasteiger partial charge < -0.3 is 24.8 Å². The number of nitrogens with two attached hydrogens (primary N) is 1. The number of rotatable bonds is 13. The number of imidazole rings is 1. The number of ether oxygens (including phenoxy) is 2. The van der Waals surface area contributed by atoms with Crippen LogP contribution in [0, 0.1) is 5.92 Å². The number of nitrogens with one attached hydrogen (secondary N) is 1. The fourth-order valence-electron chi connectivity index (χ4n) is 4.28. The van der Waals surface area contributed by atoms with Crippen LogP contribution in [-0.2, 0) is 23.4 Å². The van der Waals surface area contributed by atoms with Crippen molar-refractivity contribution in [2.75, 3.05) is 25.5 Å². The lowest BCUT2D eigenvalue weighted by molar-refractivity contribution is -0.143. The zero-order valence-electron chi connectivity index (χ0n) is 22.8. The van der Waals surface area contributed by atoms with Gasteiger partial charge in [-0.25, -0.2) is 28.5 Å². The number of hydrogen-bond donors (Lipinski definition) is 3. The minimum absolute atomic E-state index is 0.0787. The number of anilines is 1. The van der Waals surface area contributed by atoms with Crippen molar-refractivity contribution in [3.05, 3.63) is 47.5 Å². The summed E-state index contributed by atoms with van der Waals surface area (Å²) < 4.78 is 53.1. The molecule has 4 rings (SSSR count). The average molecular weight is 615 g/mol. The molecule has 0 spiro atoms. The number of esters is 1. The summed E-state index contributed by atoms with van der Waals surface area (Å²) in [5.41, 5.74) is 3.87. The Hall–Kier alpha value is -2.87. The number of halogens is 2. The van der Waals surface area contributed by atoms with Gasteiger partial charge >= 0.3 is 13.7 Å². The molecule has 0 radical (unpaired) electrons. The molecule has 1 unspecified atom stereocenters. The van der Waals surface area contributed by atoms with Gasteiger partial charge in [0.05, 0.1) is 25.1 Å². The molecule has 1 aliphatic heterocycles. The third kappa shape index (κ3) is 7.14. The van der Waals surface area contributed by atoms with E-state index in [1.54, 1.807) is 0 Å². The average Bonchev–Trinajstić information content (AvgIpc) is 3.47. The molecule has 0 amide bonds. The Bertz CT molecular complexity index is 1390. The van der Waals surface area contributed by atoms with Gasteiger partial charge in [-0.3, -0.25) is 9.32 Å². The van der Waals surface area contributed by atoms with Crippen molar-refractivity contribution in [2.45, 2.75) is 57.6 Å². The number of carbonyl (C=O) groups excluding carboxylic acids is 1. The molecular formula is C25H33ClFN6O7P. The van der Waals surface area contributed by atoms with Crippen molar-refractivity contribution in [1.29, 1.82) is 0 Å². The van der Waals surface area contributed by atoms with Crippen molar-refractivity contribution in [2.24, 2.45) is 5.92 Å². The highest BCUT2D eigenvalue weighted by molar-refractivity contribution is 7.52. The van der Waals surface area contributed by atoms with E-state index in [-0.39, 0.29) is 35.4 Å². The lowest BCUT2D eigenvalue weighted by Gasteiger charge is -2.24. The summed E-state index contributed by atoms with van der Waals surface area (Å²) in [5.74, 6) is -0.260. The molecule has 1 fully saturated rings. The predicted octanol–water partition coefficient (Wildman–Crippen LogP) is 3.66. The molecule has 3 heterocycles. The number of hydrogen-bond acceptors (Lipinski definition) is 11. The van der Waals surface area contributed by atoms with Gasteiger partial charge in [0.2, 0.25) is 0 Å². The number of alkyl halides is 1. The Labute approximate surface area is 241 Å². The Kier molecular flexibility index (Phi) is 9.83. The van der Waals surface area contributed by atoms with Crippen molar-refractivity contribution >= 4 is 36.8 Å². The highest BCUT2D eigenvalue weighted by Gasteiger charge is 2.56. The van der Waals surface area contributed by atoms with E-state index in [2.05, 4.69) is 20.2 Å². The summed E-state index contributed by atoms with van der Waals surface area (Å²) in [7, 11) is -4.28. The lowest BCUT2D eigenvalue weighted by atomic mass is 9.93. The molecule has 3 aromatic rings. The fourth-order valence-corrected chi connectivity index (χ4v) is 5.68. The summed E-state index contributed by atoms with van der Waals surface area (Å²) in [6, 6.07) is 5.94. The number of aliphatic hydroxyl groups excluding tert-OH is 1. The van der Waals surface area contributed by atoms with Crippen LogP contribution in [0.5, 0.6) is 5.75 Å². The molecule has 2 aromatic heterocycles. The number of nitrogens with zero attached hydrogens (tertiary/aromatic N) is 4. The summed E-state index contributed by atoms with van der Waals surface area (Å²) >= 11 is 5.93. The van der Waals surface area contributed by atoms with Gasteiger partial charge in [-0.05, 0) is 37.1 Å². The van der Waals surface area contributed by atoms with Crippen LogP contribution in [0.1, 0.15) is 45.4 Å². The van der Waals surface area contributed by atoms with Gasteiger partial charge in [0.15, 0.2) is 17.1 Å². The van der Waals surface area contributed by atoms with Crippen molar-refractivity contribution in [3.63, 3.8) is 0 Å². The number of nitrogen functional groups attached to an aromatic ring is 1. The number of carbonyl (C=O) groups is 1. The predicted molar refractivity (Wildman–Crippen MR) is 147 cm³/mol. The van der Waals surface area contributed by atoms with Gasteiger partial charge in [0.25, 0.3) is 0 Å². The number of aromatic nitrogens is 4. The monoisotopic (exact) mass is 614 g/mol. The molecule has 16 heteroatoms. The number of aliphatic hydroxyl groups is 1. The Morgan fingerprint density at radius 2 is 2.02 bits per heavy atom. The smallest absolute Gasteiger partial charge is 0.459 e. The highest BCUT2D eigenvalue weighted by atomic mass is 35.5. The number of fused-ring (bicyclic) bond motifs is 1. The summed E-state index contributed by atoms with van der Waals surface area (Å²) in [5, 5.41) is 17.8. The van der Waals surface area contributed by atoms with E-state index in [0.29, 0.717) is 5.02 Å². The molecule has 1 saturated heterocycles. The number of benzene rings is 1. The summed E-state index contributed by atoms with van der Waals surface area (Å²) in [6.07, 6.45) is -0.141. The molecule has 41 heavy (non-hydrogen) atoms. The molecule has 0 aliphatic carbocycles. The second-order valence-corrected chi connectivity index (χ2v) is 11.9. The van der Waals surface area contributed by atoms with Crippen molar-refractivity contribution in [1.82, 2.24) is 24.7 Å². The zero-order valence-corrected chi connectivity index (χ0v) is 24.4. The van der Waals surface area contributed by atoms with Crippen LogP contribution in [0.3, 0.4) is 0 Å². The molecule has 0 bridgehead atoms. The minimum Gasteiger partial charge on any atom is -0.464 e. The van der Waals surface area contributed by atoms with Gasteiger partial charge in [-0.15, -0.1) is 0 Å². The molecule has 0 saturated carbocycles. The Morgan fingerprint density at radius 1 is 1.32 bits per heavy atom. The summed E-state index contributed by atoms with van der Waals surface area (Å²) in [6.45, 7) is 4.30. The molecular weight excluding hydrogens is 582 g/mol. The van der Waals surface area contributed by atoms with E-state index in [1.165, 1.54) is 41.3 Å². The van der Waals surface area contributed by atoms with Gasteiger partial charge in [0, 0.05) is 5.02 Å². The molecule has 13 nitrogen and oxygen atoms in total.